The number of fused-ring (bicyclic) bond motifs is 1. The number of aromatic nitrogens is 3. The number of hydrogen-bond acceptors (Lipinski definition) is 5. The molecule has 0 amide bonds. The average molecular weight is 445 g/mol. The fourth-order valence-corrected chi connectivity index (χ4v) is 5.18. The number of rotatable bonds is 3. The van der Waals surface area contributed by atoms with Crippen molar-refractivity contribution in [2.24, 2.45) is 0 Å². The minimum absolute atomic E-state index is 0.0783. The summed E-state index contributed by atoms with van der Waals surface area (Å²) in [6, 6.07) is 10.2. The van der Waals surface area contributed by atoms with Gasteiger partial charge in [-0.05, 0) is 50.6 Å². The monoisotopic (exact) mass is 444 g/mol. The van der Waals surface area contributed by atoms with Gasteiger partial charge in [0.25, 0.3) is 0 Å². The number of likely N-dealkylation sites (N-methyl/N-ethyl adjacent to an activating group) is 1. The van der Waals surface area contributed by atoms with E-state index in [9.17, 15) is 0 Å². The van der Waals surface area contributed by atoms with Crippen molar-refractivity contribution in [1.82, 2.24) is 24.6 Å². The Morgan fingerprint density at radius 3 is 2.50 bits per heavy atom. The van der Waals surface area contributed by atoms with Crippen LogP contribution in [-0.2, 0) is 0 Å². The lowest BCUT2D eigenvalue weighted by Crippen LogP contribution is -2.45. The molecule has 2 unspecified atom stereocenters. The number of piperidine rings is 1. The van der Waals surface area contributed by atoms with E-state index in [0.29, 0.717) is 10.2 Å². The molecule has 0 spiro atoms. The van der Waals surface area contributed by atoms with Crippen LogP contribution in [0, 0.1) is 0 Å². The van der Waals surface area contributed by atoms with Crippen LogP contribution in [0.5, 0.6) is 0 Å². The van der Waals surface area contributed by atoms with Gasteiger partial charge in [-0.25, -0.2) is 4.98 Å². The van der Waals surface area contributed by atoms with Crippen LogP contribution in [0.15, 0.2) is 36.5 Å². The van der Waals surface area contributed by atoms with Crippen LogP contribution in [0.3, 0.4) is 0 Å². The lowest BCUT2D eigenvalue weighted by atomic mass is 9.94. The maximum Gasteiger partial charge on any atom is 0.139 e. The molecule has 2 aliphatic heterocycles. The molecule has 2 aliphatic rings. The van der Waals surface area contributed by atoms with E-state index in [2.05, 4.69) is 43.7 Å². The van der Waals surface area contributed by atoms with Gasteiger partial charge < -0.3 is 15.1 Å². The number of nitrogens with one attached hydrogen (secondary N) is 1. The second-order valence-corrected chi connectivity index (χ2v) is 8.99. The van der Waals surface area contributed by atoms with E-state index in [0.717, 1.165) is 68.3 Å². The highest BCUT2D eigenvalue weighted by Gasteiger charge is 2.30. The molecule has 5 heterocycles. The largest absolute Gasteiger partial charge is 0.355 e. The average Bonchev–Trinajstić information content (AvgIpc) is 3.12. The molecule has 3 aromatic heterocycles. The van der Waals surface area contributed by atoms with Gasteiger partial charge in [-0.2, -0.15) is 0 Å². The van der Waals surface area contributed by atoms with E-state index < -0.39 is 0 Å². The summed E-state index contributed by atoms with van der Waals surface area (Å²) in [5, 5.41) is 5.11. The van der Waals surface area contributed by atoms with Crippen LogP contribution in [-0.4, -0.2) is 52.5 Å². The summed E-state index contributed by atoms with van der Waals surface area (Å²) < 4.78 is 2.10. The molecule has 0 saturated carbocycles. The Hall–Kier alpha value is -1.86. The molecule has 0 aliphatic carbocycles. The van der Waals surface area contributed by atoms with Crippen molar-refractivity contribution >= 4 is 34.7 Å². The molecule has 2 atom stereocenters. The van der Waals surface area contributed by atoms with Gasteiger partial charge in [0.05, 0.1) is 28.5 Å². The highest BCUT2D eigenvalue weighted by molar-refractivity contribution is 6.31. The first-order valence-corrected chi connectivity index (χ1v) is 11.3. The Bertz CT molecular complexity index is 1040. The van der Waals surface area contributed by atoms with Gasteiger partial charge in [0.1, 0.15) is 16.6 Å². The fourth-order valence-electron chi connectivity index (χ4n) is 4.58. The minimum atomic E-state index is 0.0783. The summed E-state index contributed by atoms with van der Waals surface area (Å²) in [5.74, 6) is 1.12. The molecule has 1 N–H and O–H groups in total. The zero-order chi connectivity index (χ0) is 20.7. The maximum atomic E-state index is 6.95. The van der Waals surface area contributed by atoms with E-state index in [4.69, 9.17) is 28.2 Å². The quantitative estimate of drug-likeness (QED) is 0.650. The first-order valence-electron chi connectivity index (χ1n) is 10.6. The lowest BCUT2D eigenvalue weighted by molar-refractivity contribution is 0.311. The minimum Gasteiger partial charge on any atom is -0.355 e. The van der Waals surface area contributed by atoms with Crippen molar-refractivity contribution in [2.75, 3.05) is 38.1 Å². The van der Waals surface area contributed by atoms with E-state index in [1.54, 1.807) is 6.20 Å². The molecule has 5 rings (SSSR count). The molecule has 2 fully saturated rings. The van der Waals surface area contributed by atoms with Crippen molar-refractivity contribution in [1.29, 1.82) is 0 Å². The summed E-state index contributed by atoms with van der Waals surface area (Å²) in [4.78, 5) is 14.2. The summed E-state index contributed by atoms with van der Waals surface area (Å²) in [5.41, 5.74) is 2.71. The molecule has 2 saturated heterocycles. The fraction of sp³-hybridized carbons (Fsp3) is 0.455. The summed E-state index contributed by atoms with van der Waals surface area (Å²) in [6.07, 6.45) is 4.87. The van der Waals surface area contributed by atoms with Crippen molar-refractivity contribution in [2.45, 2.75) is 31.3 Å². The van der Waals surface area contributed by atoms with Gasteiger partial charge in [-0.3, -0.25) is 9.38 Å². The van der Waals surface area contributed by atoms with Crippen LogP contribution in [0.1, 0.15) is 42.7 Å². The SMILES string of the molecule is CN1CCN(c2cccc3nc(C4CCCC(c5ncccc5Cl)N4)c(Cl)n23)CC1. The van der Waals surface area contributed by atoms with Gasteiger partial charge >= 0.3 is 0 Å². The van der Waals surface area contributed by atoms with Crippen LogP contribution in [0.25, 0.3) is 5.65 Å². The standard InChI is InChI=1S/C22H26Cl2N6/c1-28-11-13-29(14-12-28)19-9-3-8-18-27-21(22(24)30(18)19)17-7-2-6-16(26-17)20-15(23)5-4-10-25-20/h3-5,8-10,16-17,26H,2,6-7,11-14H2,1H3. The van der Waals surface area contributed by atoms with Crippen LogP contribution in [0.4, 0.5) is 5.82 Å². The number of anilines is 1. The van der Waals surface area contributed by atoms with E-state index in [1.807, 2.05) is 18.2 Å². The number of piperazine rings is 1. The van der Waals surface area contributed by atoms with Gasteiger partial charge in [0, 0.05) is 32.4 Å². The highest BCUT2D eigenvalue weighted by atomic mass is 35.5. The molecule has 0 aromatic carbocycles. The third kappa shape index (κ3) is 3.66. The van der Waals surface area contributed by atoms with Crippen LogP contribution >= 0.6 is 23.2 Å². The molecular formula is C22H26Cl2N6. The Morgan fingerprint density at radius 2 is 1.73 bits per heavy atom. The van der Waals surface area contributed by atoms with Crippen molar-refractivity contribution in [3.8, 4) is 0 Å². The van der Waals surface area contributed by atoms with Crippen molar-refractivity contribution < 1.29 is 0 Å². The van der Waals surface area contributed by atoms with Crippen molar-refractivity contribution in [3.05, 3.63) is 58.1 Å². The number of nitrogens with zero attached hydrogens (tertiary/aromatic N) is 5. The molecule has 8 heteroatoms. The number of pyridine rings is 2. The molecule has 6 nitrogen and oxygen atoms in total. The Balaban J connectivity index is 1.47. The van der Waals surface area contributed by atoms with E-state index >= 15 is 0 Å². The van der Waals surface area contributed by atoms with Crippen molar-refractivity contribution in [3.63, 3.8) is 0 Å². The molecule has 0 bridgehead atoms. The maximum absolute atomic E-state index is 6.95. The summed E-state index contributed by atoms with van der Waals surface area (Å²) >= 11 is 13.4. The van der Waals surface area contributed by atoms with Crippen LogP contribution in [0.2, 0.25) is 10.2 Å². The first kappa shape index (κ1) is 20.1. The predicted octanol–water partition coefficient (Wildman–Crippen LogP) is 4.34. The van der Waals surface area contributed by atoms with Gasteiger partial charge in [-0.1, -0.05) is 29.3 Å². The highest BCUT2D eigenvalue weighted by Crippen LogP contribution is 2.37. The number of halogens is 2. The number of imidazole rings is 1. The topological polar surface area (TPSA) is 48.7 Å². The smallest absolute Gasteiger partial charge is 0.139 e. The second kappa shape index (κ2) is 8.35. The Labute approximate surface area is 186 Å². The van der Waals surface area contributed by atoms with E-state index in [1.165, 1.54) is 0 Å². The summed E-state index contributed by atoms with van der Waals surface area (Å²) in [6.45, 7) is 4.07. The van der Waals surface area contributed by atoms with Gasteiger partial charge in [-0.15, -0.1) is 0 Å². The molecule has 0 radical (unpaired) electrons. The number of hydrogen-bond donors (Lipinski definition) is 1. The zero-order valence-electron chi connectivity index (χ0n) is 17.1. The molecule has 30 heavy (non-hydrogen) atoms. The molecular weight excluding hydrogens is 419 g/mol. The predicted molar refractivity (Wildman–Crippen MR) is 122 cm³/mol. The first-order chi connectivity index (χ1) is 14.6. The lowest BCUT2D eigenvalue weighted by Gasteiger charge is -2.34. The second-order valence-electron chi connectivity index (χ2n) is 8.23. The molecule has 3 aromatic rings. The van der Waals surface area contributed by atoms with Gasteiger partial charge in [0.2, 0.25) is 0 Å². The Kier molecular flexibility index (Phi) is 5.58. The third-order valence-electron chi connectivity index (χ3n) is 6.25. The Morgan fingerprint density at radius 1 is 0.967 bits per heavy atom. The molecule has 158 valence electrons. The zero-order valence-corrected chi connectivity index (χ0v) is 18.6. The summed E-state index contributed by atoms with van der Waals surface area (Å²) in [7, 11) is 2.17. The van der Waals surface area contributed by atoms with E-state index in [-0.39, 0.29) is 12.1 Å². The van der Waals surface area contributed by atoms with Crippen LogP contribution < -0.4 is 10.2 Å². The normalized spacial score (nSPS) is 23.2. The van der Waals surface area contributed by atoms with Gasteiger partial charge in [0.15, 0.2) is 0 Å². The third-order valence-corrected chi connectivity index (χ3v) is 6.94.